The predicted molar refractivity (Wildman–Crippen MR) is 75.7 cm³/mol. The summed E-state index contributed by atoms with van der Waals surface area (Å²) in [5.41, 5.74) is 5.70. The normalized spacial score (nSPS) is 11.3. The van der Waals surface area contributed by atoms with Crippen LogP contribution in [0.15, 0.2) is 29.2 Å². The van der Waals surface area contributed by atoms with Crippen LogP contribution in [0.4, 0.5) is 5.69 Å². The van der Waals surface area contributed by atoms with Gasteiger partial charge in [0.05, 0.1) is 16.3 Å². The van der Waals surface area contributed by atoms with Crippen molar-refractivity contribution in [2.24, 2.45) is 5.73 Å². The number of amides is 1. The van der Waals surface area contributed by atoms with Crippen molar-refractivity contribution < 1.29 is 13.2 Å². The van der Waals surface area contributed by atoms with Crippen molar-refractivity contribution in [2.45, 2.75) is 31.1 Å². The predicted octanol–water partition coefficient (Wildman–Crippen LogP) is 1.55. The van der Waals surface area contributed by atoms with E-state index >= 15 is 0 Å². The van der Waals surface area contributed by atoms with E-state index in [0.29, 0.717) is 25.1 Å². The molecule has 1 rings (SSSR count). The minimum Gasteiger partial charge on any atom is -0.330 e. The van der Waals surface area contributed by atoms with Crippen LogP contribution in [0.2, 0.25) is 0 Å². The molecule has 6 heteroatoms. The zero-order valence-corrected chi connectivity index (χ0v) is 11.9. The molecule has 19 heavy (non-hydrogen) atoms. The molecular formula is C13H20N2O3S. The maximum Gasteiger partial charge on any atom is 0.224 e. The molecule has 5 nitrogen and oxygen atoms in total. The molecule has 0 aromatic heterocycles. The lowest BCUT2D eigenvalue weighted by Gasteiger charge is -2.10. The minimum absolute atomic E-state index is 0.00700. The number of nitrogens with two attached hydrogens (primary N) is 1. The molecular weight excluding hydrogens is 264 g/mol. The first kappa shape index (κ1) is 15.7. The molecule has 0 heterocycles. The van der Waals surface area contributed by atoms with Gasteiger partial charge in [0.2, 0.25) is 5.91 Å². The third-order valence-electron chi connectivity index (χ3n) is 2.73. The van der Waals surface area contributed by atoms with Gasteiger partial charge in [0.15, 0.2) is 9.84 Å². The van der Waals surface area contributed by atoms with Crippen LogP contribution in [0.25, 0.3) is 0 Å². The van der Waals surface area contributed by atoms with Crippen molar-refractivity contribution in [1.29, 1.82) is 0 Å². The molecule has 106 valence electrons. The van der Waals surface area contributed by atoms with Gasteiger partial charge in [-0.15, -0.1) is 0 Å². The molecule has 1 amide bonds. The molecule has 0 aliphatic rings. The molecule has 0 aliphatic carbocycles. The van der Waals surface area contributed by atoms with Crippen molar-refractivity contribution in [3.05, 3.63) is 24.3 Å². The van der Waals surface area contributed by atoms with Crippen LogP contribution in [-0.4, -0.2) is 26.6 Å². The third kappa shape index (κ3) is 4.65. The lowest BCUT2D eigenvalue weighted by atomic mass is 10.2. The van der Waals surface area contributed by atoms with Gasteiger partial charge < -0.3 is 11.1 Å². The highest BCUT2D eigenvalue weighted by atomic mass is 32.2. The summed E-state index contributed by atoms with van der Waals surface area (Å²) in [6.07, 6.45) is 1.82. The second-order valence-electron chi connectivity index (χ2n) is 4.19. The second-order valence-corrected chi connectivity index (χ2v) is 6.44. The Morgan fingerprint density at radius 1 is 1.26 bits per heavy atom. The summed E-state index contributed by atoms with van der Waals surface area (Å²) in [4.78, 5) is 11.9. The molecule has 0 radical (unpaired) electrons. The van der Waals surface area contributed by atoms with Crippen LogP contribution in [0.5, 0.6) is 0 Å². The van der Waals surface area contributed by atoms with Gasteiger partial charge in [0.1, 0.15) is 0 Å². The first-order chi connectivity index (χ1) is 9.01. The van der Waals surface area contributed by atoms with Crippen LogP contribution < -0.4 is 11.1 Å². The Balaban J connectivity index is 2.82. The molecule has 0 aliphatic heterocycles. The highest BCUT2D eigenvalue weighted by molar-refractivity contribution is 7.91. The van der Waals surface area contributed by atoms with Gasteiger partial charge in [0.25, 0.3) is 0 Å². The van der Waals surface area contributed by atoms with Gasteiger partial charge >= 0.3 is 0 Å². The SMILES string of the molecule is CCS(=O)(=O)c1ccccc1NC(=O)CCCCN. The number of sulfone groups is 1. The summed E-state index contributed by atoms with van der Waals surface area (Å²) in [6, 6.07) is 6.45. The number of para-hydroxylation sites is 1. The molecule has 0 saturated heterocycles. The summed E-state index contributed by atoms with van der Waals surface area (Å²) in [5, 5.41) is 2.65. The fourth-order valence-corrected chi connectivity index (χ4v) is 2.69. The molecule has 0 saturated carbocycles. The van der Waals surface area contributed by atoms with Crippen LogP contribution in [-0.2, 0) is 14.6 Å². The Hall–Kier alpha value is -1.40. The number of unbranched alkanes of at least 4 members (excludes halogenated alkanes) is 1. The van der Waals surface area contributed by atoms with E-state index in [2.05, 4.69) is 5.32 Å². The molecule has 3 N–H and O–H groups in total. The van der Waals surface area contributed by atoms with Crippen molar-refractivity contribution in [2.75, 3.05) is 17.6 Å². The van der Waals surface area contributed by atoms with Gasteiger partial charge in [-0.3, -0.25) is 4.79 Å². The Morgan fingerprint density at radius 2 is 1.95 bits per heavy atom. The number of carbonyl (C=O) groups is 1. The van der Waals surface area contributed by atoms with Crippen molar-refractivity contribution in [1.82, 2.24) is 0 Å². The fourth-order valence-electron chi connectivity index (χ4n) is 1.64. The van der Waals surface area contributed by atoms with E-state index in [9.17, 15) is 13.2 Å². The van der Waals surface area contributed by atoms with E-state index in [4.69, 9.17) is 5.73 Å². The molecule has 0 spiro atoms. The molecule has 1 aromatic rings. The lowest BCUT2D eigenvalue weighted by Crippen LogP contribution is -2.15. The highest BCUT2D eigenvalue weighted by Gasteiger charge is 2.17. The molecule has 0 bridgehead atoms. The Labute approximate surface area is 114 Å². The lowest BCUT2D eigenvalue weighted by molar-refractivity contribution is -0.116. The topological polar surface area (TPSA) is 89.3 Å². The standard InChI is InChI=1S/C13H20N2O3S/c1-2-19(17,18)12-8-4-3-7-11(12)15-13(16)9-5-6-10-14/h3-4,7-8H,2,5-6,9-10,14H2,1H3,(H,15,16). The smallest absolute Gasteiger partial charge is 0.224 e. The largest absolute Gasteiger partial charge is 0.330 e. The monoisotopic (exact) mass is 284 g/mol. The maximum atomic E-state index is 11.9. The number of nitrogens with one attached hydrogen (secondary N) is 1. The maximum absolute atomic E-state index is 11.9. The summed E-state index contributed by atoms with van der Waals surface area (Å²) in [5.74, 6) is -0.181. The van der Waals surface area contributed by atoms with Crippen LogP contribution >= 0.6 is 0 Å². The average molecular weight is 284 g/mol. The van der Waals surface area contributed by atoms with Crippen molar-refractivity contribution in [3.8, 4) is 0 Å². The van der Waals surface area contributed by atoms with E-state index < -0.39 is 9.84 Å². The van der Waals surface area contributed by atoms with Gasteiger partial charge in [-0.1, -0.05) is 19.1 Å². The third-order valence-corrected chi connectivity index (χ3v) is 4.52. The Morgan fingerprint density at radius 3 is 2.58 bits per heavy atom. The summed E-state index contributed by atoms with van der Waals surface area (Å²) in [7, 11) is -3.33. The van der Waals surface area contributed by atoms with Gasteiger partial charge in [0, 0.05) is 6.42 Å². The number of anilines is 1. The highest BCUT2D eigenvalue weighted by Crippen LogP contribution is 2.22. The van der Waals surface area contributed by atoms with E-state index in [-0.39, 0.29) is 16.6 Å². The van der Waals surface area contributed by atoms with E-state index in [1.165, 1.54) is 6.07 Å². The van der Waals surface area contributed by atoms with Crippen LogP contribution in [0.3, 0.4) is 0 Å². The van der Waals surface area contributed by atoms with Crippen molar-refractivity contribution in [3.63, 3.8) is 0 Å². The molecule has 0 fully saturated rings. The van der Waals surface area contributed by atoms with Gasteiger partial charge in [-0.05, 0) is 31.5 Å². The van der Waals surface area contributed by atoms with Crippen LogP contribution in [0.1, 0.15) is 26.2 Å². The first-order valence-corrected chi connectivity index (χ1v) is 7.98. The number of hydrogen-bond donors (Lipinski definition) is 2. The van der Waals surface area contributed by atoms with E-state index in [1.807, 2.05) is 0 Å². The summed E-state index contributed by atoms with van der Waals surface area (Å²) in [6.45, 7) is 2.13. The fraction of sp³-hybridized carbons (Fsp3) is 0.462. The minimum atomic E-state index is -3.33. The zero-order chi connectivity index (χ0) is 14.3. The molecule has 0 atom stereocenters. The quantitative estimate of drug-likeness (QED) is 0.743. The average Bonchev–Trinajstić information content (AvgIpc) is 2.39. The number of hydrogen-bond acceptors (Lipinski definition) is 4. The Kier molecular flexibility index (Phi) is 5.98. The first-order valence-electron chi connectivity index (χ1n) is 6.33. The summed E-state index contributed by atoms with van der Waals surface area (Å²) < 4.78 is 23.8. The number of benzene rings is 1. The summed E-state index contributed by atoms with van der Waals surface area (Å²) >= 11 is 0. The van der Waals surface area contributed by atoms with E-state index in [0.717, 1.165) is 6.42 Å². The Bertz CT molecular complexity index is 526. The van der Waals surface area contributed by atoms with Crippen molar-refractivity contribution >= 4 is 21.4 Å². The molecule has 1 aromatic carbocycles. The van der Waals surface area contributed by atoms with Gasteiger partial charge in [-0.2, -0.15) is 0 Å². The van der Waals surface area contributed by atoms with Crippen LogP contribution in [0, 0.1) is 0 Å². The second kappa shape index (κ2) is 7.25. The van der Waals surface area contributed by atoms with Gasteiger partial charge in [-0.25, -0.2) is 8.42 Å². The number of carbonyl (C=O) groups excluding carboxylic acids is 1. The van der Waals surface area contributed by atoms with E-state index in [1.54, 1.807) is 25.1 Å². The molecule has 0 unspecified atom stereocenters. The zero-order valence-electron chi connectivity index (χ0n) is 11.1. The number of rotatable bonds is 7.